The van der Waals surface area contributed by atoms with Gasteiger partial charge < -0.3 is 10.6 Å². The maximum atomic E-state index is 4.30. The zero-order valence-corrected chi connectivity index (χ0v) is 16.3. The zero-order chi connectivity index (χ0) is 19.2. The van der Waals surface area contributed by atoms with E-state index in [1.54, 1.807) is 7.05 Å². The molecular formula is C21H27N7. The van der Waals surface area contributed by atoms with Gasteiger partial charge in [-0.15, -0.1) is 10.2 Å². The van der Waals surface area contributed by atoms with Crippen LogP contribution in [-0.4, -0.2) is 45.6 Å². The summed E-state index contributed by atoms with van der Waals surface area (Å²) in [6, 6.07) is 14.7. The molecule has 1 fully saturated rings. The van der Waals surface area contributed by atoms with E-state index in [0.29, 0.717) is 6.54 Å². The molecule has 0 aliphatic carbocycles. The van der Waals surface area contributed by atoms with Crippen LogP contribution in [0.1, 0.15) is 29.8 Å². The minimum absolute atomic E-state index is 0.555. The lowest BCUT2D eigenvalue weighted by Gasteiger charge is -2.15. The molecule has 0 atom stereocenters. The number of rotatable bonds is 6. The van der Waals surface area contributed by atoms with Crippen LogP contribution >= 0.6 is 0 Å². The van der Waals surface area contributed by atoms with Gasteiger partial charge in [0, 0.05) is 26.3 Å². The van der Waals surface area contributed by atoms with E-state index in [-0.39, 0.29) is 0 Å². The summed E-state index contributed by atoms with van der Waals surface area (Å²) in [5.41, 5.74) is 3.46. The number of hydrogen-bond acceptors (Lipinski definition) is 4. The van der Waals surface area contributed by atoms with Crippen LogP contribution in [0.15, 0.2) is 53.7 Å². The Kier molecular flexibility index (Phi) is 5.82. The Morgan fingerprint density at radius 3 is 2.50 bits per heavy atom. The van der Waals surface area contributed by atoms with Crippen LogP contribution in [0.5, 0.6) is 0 Å². The molecule has 1 aliphatic heterocycles. The first-order valence-electron chi connectivity index (χ1n) is 9.85. The predicted octanol–water partition coefficient (Wildman–Crippen LogP) is 2.19. The van der Waals surface area contributed by atoms with Crippen LogP contribution in [0.4, 0.5) is 0 Å². The third kappa shape index (κ3) is 4.48. The van der Waals surface area contributed by atoms with Crippen molar-refractivity contribution in [1.82, 2.24) is 30.1 Å². The van der Waals surface area contributed by atoms with Crippen molar-refractivity contribution in [2.24, 2.45) is 4.99 Å². The summed E-state index contributed by atoms with van der Waals surface area (Å²) in [5.74, 6) is 1.60. The van der Waals surface area contributed by atoms with E-state index in [1.165, 1.54) is 37.1 Å². The Morgan fingerprint density at radius 1 is 0.964 bits per heavy atom. The van der Waals surface area contributed by atoms with Gasteiger partial charge in [0.2, 0.25) is 0 Å². The van der Waals surface area contributed by atoms with E-state index >= 15 is 0 Å². The van der Waals surface area contributed by atoms with E-state index in [2.05, 4.69) is 55.0 Å². The van der Waals surface area contributed by atoms with Gasteiger partial charge in [0.05, 0.1) is 6.54 Å². The molecule has 0 spiro atoms. The Bertz CT molecular complexity index is 923. The second kappa shape index (κ2) is 8.84. The maximum absolute atomic E-state index is 4.30. The Balaban J connectivity index is 1.28. The number of fused-ring (bicyclic) bond motifs is 1. The van der Waals surface area contributed by atoms with Crippen LogP contribution in [0, 0.1) is 0 Å². The highest BCUT2D eigenvalue weighted by molar-refractivity contribution is 5.79. The molecule has 7 heteroatoms. The van der Waals surface area contributed by atoms with E-state index in [0.717, 1.165) is 30.5 Å². The fourth-order valence-electron chi connectivity index (χ4n) is 3.54. The fraction of sp³-hybridized carbons (Fsp3) is 0.381. The van der Waals surface area contributed by atoms with E-state index in [9.17, 15) is 0 Å². The van der Waals surface area contributed by atoms with Gasteiger partial charge in [-0.05, 0) is 49.2 Å². The topological polar surface area (TPSA) is 69.8 Å². The molecule has 0 amide bonds. The lowest BCUT2D eigenvalue weighted by Crippen LogP contribution is -2.36. The molecule has 2 N–H and O–H groups in total. The lowest BCUT2D eigenvalue weighted by atomic mass is 10.1. The highest BCUT2D eigenvalue weighted by Crippen LogP contribution is 2.13. The maximum Gasteiger partial charge on any atom is 0.191 e. The molecule has 4 rings (SSSR count). The molecule has 2 aromatic heterocycles. The van der Waals surface area contributed by atoms with Gasteiger partial charge in [-0.2, -0.15) is 0 Å². The van der Waals surface area contributed by atoms with Crippen molar-refractivity contribution in [3.05, 3.63) is 65.6 Å². The van der Waals surface area contributed by atoms with Crippen molar-refractivity contribution in [3.8, 4) is 0 Å². The monoisotopic (exact) mass is 377 g/mol. The van der Waals surface area contributed by atoms with Gasteiger partial charge in [0.1, 0.15) is 0 Å². The quantitative estimate of drug-likeness (QED) is 0.509. The number of guanidine groups is 1. The number of aromatic nitrogens is 3. The highest BCUT2D eigenvalue weighted by Gasteiger charge is 2.11. The van der Waals surface area contributed by atoms with Crippen LogP contribution in [0.2, 0.25) is 0 Å². The van der Waals surface area contributed by atoms with Gasteiger partial charge in [-0.25, -0.2) is 0 Å². The second-order valence-electron chi connectivity index (χ2n) is 7.12. The Labute approximate surface area is 165 Å². The molecule has 3 heterocycles. The Morgan fingerprint density at radius 2 is 1.71 bits per heavy atom. The van der Waals surface area contributed by atoms with Crippen molar-refractivity contribution >= 4 is 11.6 Å². The number of likely N-dealkylation sites (tertiary alicyclic amines) is 1. The average molecular weight is 377 g/mol. The number of nitrogens with zero attached hydrogens (tertiary/aromatic N) is 5. The molecule has 1 aromatic carbocycles. The third-order valence-electron chi connectivity index (χ3n) is 5.11. The van der Waals surface area contributed by atoms with Crippen molar-refractivity contribution in [2.75, 3.05) is 20.1 Å². The van der Waals surface area contributed by atoms with E-state index in [4.69, 9.17) is 0 Å². The average Bonchev–Trinajstić information content (AvgIpc) is 3.39. The molecule has 1 saturated heterocycles. The highest BCUT2D eigenvalue weighted by atomic mass is 15.3. The summed E-state index contributed by atoms with van der Waals surface area (Å²) in [6.07, 6.45) is 4.63. The van der Waals surface area contributed by atoms with Crippen molar-refractivity contribution in [1.29, 1.82) is 0 Å². The number of pyridine rings is 1. The number of nitrogens with one attached hydrogen (secondary N) is 2. The molecule has 28 heavy (non-hydrogen) atoms. The molecule has 7 nitrogen and oxygen atoms in total. The summed E-state index contributed by atoms with van der Waals surface area (Å²) < 4.78 is 1.97. The van der Waals surface area contributed by atoms with Crippen LogP contribution in [0.25, 0.3) is 5.65 Å². The summed E-state index contributed by atoms with van der Waals surface area (Å²) >= 11 is 0. The van der Waals surface area contributed by atoms with Gasteiger partial charge in [0.25, 0.3) is 0 Å². The van der Waals surface area contributed by atoms with Crippen molar-refractivity contribution < 1.29 is 0 Å². The number of aliphatic imine (C=N–C) groups is 1. The van der Waals surface area contributed by atoms with Gasteiger partial charge in [0.15, 0.2) is 17.4 Å². The van der Waals surface area contributed by atoms with Gasteiger partial charge in [-0.1, -0.05) is 30.3 Å². The summed E-state index contributed by atoms with van der Waals surface area (Å²) in [7, 11) is 1.77. The van der Waals surface area contributed by atoms with Gasteiger partial charge in [-0.3, -0.25) is 14.3 Å². The third-order valence-corrected chi connectivity index (χ3v) is 5.11. The first-order chi connectivity index (χ1) is 13.8. The molecule has 0 saturated carbocycles. The lowest BCUT2D eigenvalue weighted by molar-refractivity contribution is 0.331. The second-order valence-corrected chi connectivity index (χ2v) is 7.12. The van der Waals surface area contributed by atoms with Crippen molar-refractivity contribution in [3.63, 3.8) is 0 Å². The fourth-order valence-corrected chi connectivity index (χ4v) is 3.54. The smallest absolute Gasteiger partial charge is 0.191 e. The van der Waals surface area contributed by atoms with Gasteiger partial charge >= 0.3 is 0 Å². The SMILES string of the molecule is CN=C(NCc1ccc(CN2CCCC2)cc1)NCc1nnc2ccccn12. The van der Waals surface area contributed by atoms with E-state index < -0.39 is 0 Å². The molecule has 1 aliphatic rings. The standard InChI is InChI=1S/C21H27N7/c1-22-21(24-15-20-26-25-19-6-2-3-13-28(19)20)23-14-17-7-9-18(10-8-17)16-27-11-4-5-12-27/h2-3,6-10,13H,4-5,11-12,14-16H2,1H3,(H2,22,23,24). The minimum atomic E-state index is 0.555. The first kappa shape index (κ1) is 18.4. The summed E-state index contributed by atoms with van der Waals surface area (Å²) in [5, 5.41) is 15.1. The normalized spacial score (nSPS) is 15.2. The van der Waals surface area contributed by atoms with Crippen LogP contribution < -0.4 is 10.6 Å². The molecule has 146 valence electrons. The summed E-state index contributed by atoms with van der Waals surface area (Å²) in [4.78, 5) is 6.82. The molecule has 3 aromatic rings. The van der Waals surface area contributed by atoms with Crippen LogP contribution in [-0.2, 0) is 19.6 Å². The Hall–Kier alpha value is -2.93. The number of benzene rings is 1. The minimum Gasteiger partial charge on any atom is -0.352 e. The molecule has 0 bridgehead atoms. The number of hydrogen-bond donors (Lipinski definition) is 2. The molecule has 0 radical (unpaired) electrons. The largest absolute Gasteiger partial charge is 0.352 e. The predicted molar refractivity (Wildman–Crippen MR) is 111 cm³/mol. The molecular weight excluding hydrogens is 350 g/mol. The van der Waals surface area contributed by atoms with Crippen molar-refractivity contribution in [2.45, 2.75) is 32.5 Å². The first-order valence-corrected chi connectivity index (χ1v) is 9.85. The molecule has 0 unspecified atom stereocenters. The zero-order valence-electron chi connectivity index (χ0n) is 16.3. The van der Waals surface area contributed by atoms with Crippen LogP contribution in [0.3, 0.4) is 0 Å². The van der Waals surface area contributed by atoms with E-state index in [1.807, 2.05) is 28.8 Å². The summed E-state index contributed by atoms with van der Waals surface area (Å²) in [6.45, 7) is 4.80.